The summed E-state index contributed by atoms with van der Waals surface area (Å²) in [5, 5.41) is -0.485. The SMILES string of the molecule is NC(N)CCC[C@H](Cl)C(Cl)(Cl)Cl.[Pt]. The molecule has 0 rings (SSSR count). The monoisotopic (exact) mass is 447 g/mol. The van der Waals surface area contributed by atoms with Gasteiger partial charge in [-0.05, 0) is 19.3 Å². The fourth-order valence-corrected chi connectivity index (χ4v) is 1.18. The molecule has 0 heterocycles. The Kier molecular flexibility index (Phi) is 10.5. The zero-order valence-corrected chi connectivity index (χ0v) is 12.1. The third kappa shape index (κ3) is 10.1. The molecule has 0 aromatic rings. The molecular formula is C6H12Cl4N2Pt. The Morgan fingerprint density at radius 1 is 1.08 bits per heavy atom. The average molecular weight is 449 g/mol. The summed E-state index contributed by atoms with van der Waals surface area (Å²) in [6, 6.07) is 0. The van der Waals surface area contributed by atoms with Crippen LogP contribution in [0.1, 0.15) is 19.3 Å². The van der Waals surface area contributed by atoms with Gasteiger partial charge < -0.3 is 11.5 Å². The maximum absolute atomic E-state index is 5.76. The molecule has 0 saturated heterocycles. The second-order valence-electron chi connectivity index (χ2n) is 2.60. The molecule has 0 aromatic heterocycles. The minimum Gasteiger partial charge on any atom is -0.316 e. The van der Waals surface area contributed by atoms with E-state index in [0.29, 0.717) is 12.8 Å². The first-order valence-corrected chi connectivity index (χ1v) is 5.13. The largest absolute Gasteiger partial charge is 0.316 e. The van der Waals surface area contributed by atoms with E-state index in [2.05, 4.69) is 0 Å². The molecule has 0 amide bonds. The van der Waals surface area contributed by atoms with E-state index in [1.807, 2.05) is 0 Å². The molecule has 0 radical (unpaired) electrons. The first-order valence-electron chi connectivity index (χ1n) is 3.56. The van der Waals surface area contributed by atoms with Gasteiger partial charge in [0.15, 0.2) is 0 Å². The van der Waals surface area contributed by atoms with Crippen molar-refractivity contribution in [3.05, 3.63) is 0 Å². The molecule has 7 heteroatoms. The minimum absolute atomic E-state index is 0. The Morgan fingerprint density at radius 3 is 1.85 bits per heavy atom. The fourth-order valence-electron chi connectivity index (χ4n) is 0.696. The van der Waals surface area contributed by atoms with E-state index in [1.54, 1.807) is 0 Å². The third-order valence-corrected chi connectivity index (χ3v) is 3.02. The van der Waals surface area contributed by atoms with Crippen LogP contribution in [0.3, 0.4) is 0 Å². The van der Waals surface area contributed by atoms with Gasteiger partial charge in [0.25, 0.3) is 0 Å². The quantitative estimate of drug-likeness (QED) is 0.512. The van der Waals surface area contributed by atoms with Crippen molar-refractivity contribution < 1.29 is 21.1 Å². The van der Waals surface area contributed by atoms with Gasteiger partial charge >= 0.3 is 0 Å². The molecule has 0 aliphatic heterocycles. The van der Waals surface area contributed by atoms with Gasteiger partial charge in [0.05, 0.1) is 11.5 Å². The number of nitrogens with two attached hydrogens (primary N) is 2. The van der Waals surface area contributed by atoms with Crippen LogP contribution in [-0.2, 0) is 21.1 Å². The van der Waals surface area contributed by atoms with Crippen LogP contribution >= 0.6 is 46.4 Å². The summed E-state index contributed by atoms with van der Waals surface area (Å²) in [5.41, 5.74) is 10.6. The zero-order valence-electron chi connectivity index (χ0n) is 6.76. The predicted molar refractivity (Wildman–Crippen MR) is 55.9 cm³/mol. The van der Waals surface area contributed by atoms with E-state index >= 15 is 0 Å². The molecule has 0 spiro atoms. The average Bonchev–Trinajstić information content (AvgIpc) is 1.84. The Hall–Kier alpha value is 1.77. The fraction of sp³-hybridized carbons (Fsp3) is 1.00. The van der Waals surface area contributed by atoms with Gasteiger partial charge in [-0.3, -0.25) is 0 Å². The number of alkyl halides is 4. The van der Waals surface area contributed by atoms with Crippen LogP contribution < -0.4 is 11.5 Å². The van der Waals surface area contributed by atoms with Crippen molar-refractivity contribution in [3.8, 4) is 0 Å². The molecule has 0 aromatic carbocycles. The second-order valence-corrected chi connectivity index (χ2v) is 5.50. The summed E-state index contributed by atoms with van der Waals surface area (Å²) >= 11 is 22.4. The van der Waals surface area contributed by atoms with Crippen molar-refractivity contribution in [2.24, 2.45) is 11.5 Å². The van der Waals surface area contributed by atoms with Crippen LogP contribution in [-0.4, -0.2) is 15.3 Å². The van der Waals surface area contributed by atoms with Crippen LogP contribution in [0.15, 0.2) is 0 Å². The predicted octanol–water partition coefficient (Wildman–Crippen LogP) is 2.38. The van der Waals surface area contributed by atoms with Crippen molar-refractivity contribution in [3.63, 3.8) is 0 Å². The van der Waals surface area contributed by atoms with Gasteiger partial charge in [0.2, 0.25) is 3.79 Å². The Morgan fingerprint density at radius 2 is 1.54 bits per heavy atom. The Labute approximate surface area is 113 Å². The summed E-state index contributed by atoms with van der Waals surface area (Å²) in [4.78, 5) is 0. The molecule has 0 fully saturated rings. The van der Waals surface area contributed by atoms with Crippen LogP contribution in [0.4, 0.5) is 0 Å². The number of rotatable bonds is 4. The van der Waals surface area contributed by atoms with Gasteiger partial charge in [-0.1, -0.05) is 34.8 Å². The van der Waals surface area contributed by atoms with Gasteiger partial charge in [0.1, 0.15) is 0 Å². The van der Waals surface area contributed by atoms with E-state index in [-0.39, 0.29) is 27.2 Å². The van der Waals surface area contributed by atoms with Gasteiger partial charge in [0, 0.05) is 21.1 Å². The molecule has 0 aliphatic carbocycles. The molecule has 0 bridgehead atoms. The van der Waals surface area contributed by atoms with Crippen molar-refractivity contribution in [1.29, 1.82) is 0 Å². The maximum Gasteiger partial charge on any atom is 0.206 e. The van der Waals surface area contributed by atoms with Gasteiger partial charge in [-0.25, -0.2) is 0 Å². The molecule has 0 aliphatic rings. The topological polar surface area (TPSA) is 52.0 Å². The van der Waals surface area contributed by atoms with Crippen LogP contribution in [0.25, 0.3) is 0 Å². The molecule has 84 valence electrons. The van der Waals surface area contributed by atoms with Crippen LogP contribution in [0, 0.1) is 0 Å². The second kappa shape index (κ2) is 7.98. The molecule has 13 heavy (non-hydrogen) atoms. The first-order chi connectivity index (χ1) is 5.34. The van der Waals surface area contributed by atoms with Crippen molar-refractivity contribution >= 4 is 46.4 Å². The molecular weight excluding hydrogens is 437 g/mol. The molecule has 4 N–H and O–H groups in total. The number of hydrogen-bond acceptors (Lipinski definition) is 2. The third-order valence-electron chi connectivity index (χ3n) is 1.35. The standard InChI is InChI=1S/C6H12Cl4N2.Pt/c7-4(6(8,9)10)2-1-3-5(11)12;/h4-5H,1-3,11-12H2;/t4-;/m0./s1. The smallest absolute Gasteiger partial charge is 0.206 e. The van der Waals surface area contributed by atoms with Gasteiger partial charge in [-0.15, -0.1) is 11.6 Å². The van der Waals surface area contributed by atoms with Gasteiger partial charge in [-0.2, -0.15) is 0 Å². The first kappa shape index (κ1) is 17.2. The van der Waals surface area contributed by atoms with E-state index in [4.69, 9.17) is 57.9 Å². The molecule has 0 saturated carbocycles. The van der Waals surface area contributed by atoms with Crippen LogP contribution in [0.5, 0.6) is 0 Å². The molecule has 2 nitrogen and oxygen atoms in total. The maximum atomic E-state index is 5.76. The molecule has 0 unspecified atom stereocenters. The van der Waals surface area contributed by atoms with Crippen LogP contribution in [0.2, 0.25) is 0 Å². The molecule has 1 atom stereocenters. The van der Waals surface area contributed by atoms with E-state index in [1.165, 1.54) is 0 Å². The van der Waals surface area contributed by atoms with Crippen molar-refractivity contribution in [1.82, 2.24) is 0 Å². The van der Waals surface area contributed by atoms with Crippen molar-refractivity contribution in [2.45, 2.75) is 34.6 Å². The normalized spacial score (nSPS) is 14.1. The number of halogens is 4. The van der Waals surface area contributed by atoms with E-state index < -0.39 is 9.17 Å². The summed E-state index contributed by atoms with van der Waals surface area (Å²) in [6.45, 7) is 0. The zero-order chi connectivity index (χ0) is 9.78. The summed E-state index contributed by atoms with van der Waals surface area (Å²) in [7, 11) is 0. The summed E-state index contributed by atoms with van der Waals surface area (Å²) < 4.78 is -1.40. The Bertz CT molecular complexity index is 128. The van der Waals surface area contributed by atoms with E-state index in [0.717, 1.165) is 6.42 Å². The van der Waals surface area contributed by atoms with E-state index in [9.17, 15) is 0 Å². The summed E-state index contributed by atoms with van der Waals surface area (Å²) in [5.74, 6) is 0. The van der Waals surface area contributed by atoms with Crippen molar-refractivity contribution in [2.75, 3.05) is 0 Å². The number of hydrogen-bond donors (Lipinski definition) is 2. The minimum atomic E-state index is -1.40. The summed E-state index contributed by atoms with van der Waals surface area (Å²) in [6.07, 6.45) is 1.73. The Balaban J connectivity index is 0.